The molecule has 2 aromatic carbocycles. The standard InChI is InChI=1S/C19H20N2O3S2/c1-24-15-8-10-16(11-9-15)26(22,23)21-12-4-5-14(13-21)19-20-17-6-2-3-7-18(17)25-19/h2-3,6-11,14H,4-5,12-13H2,1H3/t14-/m1/s1. The Morgan fingerprint density at radius 3 is 2.65 bits per heavy atom. The average molecular weight is 389 g/mol. The van der Waals surface area contributed by atoms with Crippen molar-refractivity contribution < 1.29 is 13.2 Å². The Morgan fingerprint density at radius 1 is 1.15 bits per heavy atom. The third-order valence-corrected chi connectivity index (χ3v) is 7.82. The molecule has 5 nitrogen and oxygen atoms in total. The van der Waals surface area contributed by atoms with Crippen LogP contribution in [0.5, 0.6) is 5.75 Å². The lowest BCUT2D eigenvalue weighted by molar-refractivity contribution is 0.315. The van der Waals surface area contributed by atoms with E-state index in [0.717, 1.165) is 28.1 Å². The van der Waals surface area contributed by atoms with Crippen LogP contribution in [-0.4, -0.2) is 37.9 Å². The summed E-state index contributed by atoms with van der Waals surface area (Å²) in [5.41, 5.74) is 0.989. The van der Waals surface area contributed by atoms with Gasteiger partial charge in [0.25, 0.3) is 0 Å². The second kappa shape index (κ2) is 6.98. The molecule has 0 unspecified atom stereocenters. The molecule has 136 valence electrons. The molecule has 1 aromatic heterocycles. The first-order chi connectivity index (χ1) is 12.6. The number of hydrogen-bond donors (Lipinski definition) is 0. The number of ether oxygens (including phenoxy) is 1. The summed E-state index contributed by atoms with van der Waals surface area (Å²) < 4.78 is 33.9. The minimum absolute atomic E-state index is 0.147. The Kier molecular flexibility index (Phi) is 4.69. The van der Waals surface area contributed by atoms with Crippen molar-refractivity contribution in [3.05, 3.63) is 53.5 Å². The van der Waals surface area contributed by atoms with E-state index in [1.807, 2.05) is 18.2 Å². The summed E-state index contributed by atoms with van der Waals surface area (Å²) in [6, 6.07) is 14.6. The molecule has 26 heavy (non-hydrogen) atoms. The van der Waals surface area contributed by atoms with Crippen molar-refractivity contribution in [1.82, 2.24) is 9.29 Å². The highest BCUT2D eigenvalue weighted by Crippen LogP contribution is 2.34. The monoisotopic (exact) mass is 388 g/mol. The van der Waals surface area contributed by atoms with Crippen LogP contribution in [0.1, 0.15) is 23.8 Å². The Bertz CT molecular complexity index is 980. The maximum Gasteiger partial charge on any atom is 0.243 e. The number of aromatic nitrogens is 1. The SMILES string of the molecule is COc1ccc(S(=O)(=O)N2CCC[C@@H](c3nc4ccccc4s3)C2)cc1. The smallest absolute Gasteiger partial charge is 0.243 e. The van der Waals surface area contributed by atoms with Gasteiger partial charge in [-0.05, 0) is 49.2 Å². The molecular weight excluding hydrogens is 368 g/mol. The molecule has 7 heteroatoms. The molecule has 1 aliphatic rings. The molecule has 0 N–H and O–H groups in total. The Hall–Kier alpha value is -1.96. The van der Waals surface area contributed by atoms with Crippen LogP contribution in [0.4, 0.5) is 0 Å². The fourth-order valence-corrected chi connectivity index (χ4v) is 5.94. The number of piperidine rings is 1. The first kappa shape index (κ1) is 17.5. The van der Waals surface area contributed by atoms with Crippen molar-refractivity contribution in [2.75, 3.05) is 20.2 Å². The van der Waals surface area contributed by atoms with Crippen LogP contribution >= 0.6 is 11.3 Å². The maximum absolute atomic E-state index is 13.0. The van der Waals surface area contributed by atoms with E-state index in [1.54, 1.807) is 47.0 Å². The van der Waals surface area contributed by atoms with Gasteiger partial charge in [0.15, 0.2) is 0 Å². The van der Waals surface area contributed by atoms with E-state index >= 15 is 0 Å². The summed E-state index contributed by atoms with van der Waals surface area (Å²) in [7, 11) is -1.94. The lowest BCUT2D eigenvalue weighted by Gasteiger charge is -2.31. The quantitative estimate of drug-likeness (QED) is 0.681. The second-order valence-corrected chi connectivity index (χ2v) is 9.40. The number of para-hydroxylation sites is 1. The van der Waals surface area contributed by atoms with Gasteiger partial charge in [0, 0.05) is 19.0 Å². The van der Waals surface area contributed by atoms with Gasteiger partial charge in [0.2, 0.25) is 10.0 Å². The summed E-state index contributed by atoms with van der Waals surface area (Å²) in [6.07, 6.45) is 1.81. The molecule has 3 aromatic rings. The molecule has 1 saturated heterocycles. The van der Waals surface area contributed by atoms with Gasteiger partial charge < -0.3 is 4.74 Å². The van der Waals surface area contributed by atoms with Gasteiger partial charge in [-0.3, -0.25) is 0 Å². The van der Waals surface area contributed by atoms with E-state index in [1.165, 1.54) is 0 Å². The van der Waals surface area contributed by atoms with Crippen molar-refractivity contribution in [1.29, 1.82) is 0 Å². The van der Waals surface area contributed by atoms with Crippen LogP contribution in [0.25, 0.3) is 10.2 Å². The van der Waals surface area contributed by atoms with E-state index < -0.39 is 10.0 Å². The normalized spacial score (nSPS) is 18.9. The minimum Gasteiger partial charge on any atom is -0.497 e. The zero-order chi connectivity index (χ0) is 18.1. The van der Waals surface area contributed by atoms with E-state index in [4.69, 9.17) is 9.72 Å². The topological polar surface area (TPSA) is 59.5 Å². The number of benzene rings is 2. The third kappa shape index (κ3) is 3.22. The summed E-state index contributed by atoms with van der Waals surface area (Å²) in [4.78, 5) is 5.04. The van der Waals surface area contributed by atoms with Crippen LogP contribution in [-0.2, 0) is 10.0 Å². The van der Waals surface area contributed by atoms with Crippen molar-refractivity contribution in [2.45, 2.75) is 23.7 Å². The molecule has 2 heterocycles. The maximum atomic E-state index is 13.0. The molecular formula is C19H20N2O3S2. The lowest BCUT2D eigenvalue weighted by Crippen LogP contribution is -2.39. The number of thiazole rings is 1. The van der Waals surface area contributed by atoms with E-state index in [0.29, 0.717) is 23.7 Å². The number of rotatable bonds is 4. The average Bonchev–Trinajstić information content (AvgIpc) is 3.12. The molecule has 0 amide bonds. The molecule has 1 fully saturated rings. The summed E-state index contributed by atoms with van der Waals surface area (Å²) >= 11 is 1.67. The highest BCUT2D eigenvalue weighted by Gasteiger charge is 2.32. The zero-order valence-corrected chi connectivity index (χ0v) is 16.1. The Labute approximate surface area is 157 Å². The molecule has 0 saturated carbocycles. The fraction of sp³-hybridized carbons (Fsp3) is 0.316. The number of sulfonamides is 1. The second-order valence-electron chi connectivity index (χ2n) is 6.40. The number of hydrogen-bond acceptors (Lipinski definition) is 5. The number of nitrogens with zero attached hydrogens (tertiary/aromatic N) is 2. The molecule has 0 radical (unpaired) electrons. The summed E-state index contributed by atoms with van der Waals surface area (Å²) in [6.45, 7) is 1.03. The molecule has 4 rings (SSSR count). The highest BCUT2D eigenvalue weighted by atomic mass is 32.2. The van der Waals surface area contributed by atoms with E-state index in [2.05, 4.69) is 6.07 Å². The Balaban J connectivity index is 1.59. The van der Waals surface area contributed by atoms with Gasteiger partial charge in [-0.2, -0.15) is 4.31 Å². The number of fused-ring (bicyclic) bond motifs is 1. The molecule has 0 bridgehead atoms. The Morgan fingerprint density at radius 2 is 1.92 bits per heavy atom. The number of methoxy groups -OCH3 is 1. The fourth-order valence-electron chi connectivity index (χ4n) is 3.32. The van der Waals surface area contributed by atoms with Gasteiger partial charge >= 0.3 is 0 Å². The predicted octanol–water partition coefficient (Wildman–Crippen LogP) is 3.87. The van der Waals surface area contributed by atoms with Crippen molar-refractivity contribution in [3.8, 4) is 5.75 Å². The molecule has 1 atom stereocenters. The van der Waals surface area contributed by atoms with Crippen LogP contribution in [0, 0.1) is 0 Å². The van der Waals surface area contributed by atoms with Gasteiger partial charge in [-0.25, -0.2) is 13.4 Å². The van der Waals surface area contributed by atoms with E-state index in [9.17, 15) is 8.42 Å². The van der Waals surface area contributed by atoms with Gasteiger partial charge in [-0.15, -0.1) is 11.3 Å². The van der Waals surface area contributed by atoms with Crippen LogP contribution in [0.2, 0.25) is 0 Å². The van der Waals surface area contributed by atoms with Crippen LogP contribution < -0.4 is 4.74 Å². The van der Waals surface area contributed by atoms with Gasteiger partial charge in [0.05, 0.1) is 27.2 Å². The first-order valence-corrected chi connectivity index (χ1v) is 10.8. The summed E-state index contributed by atoms with van der Waals surface area (Å²) in [5.74, 6) is 0.795. The van der Waals surface area contributed by atoms with Crippen molar-refractivity contribution in [2.24, 2.45) is 0 Å². The van der Waals surface area contributed by atoms with E-state index in [-0.39, 0.29) is 5.92 Å². The predicted molar refractivity (Wildman–Crippen MR) is 103 cm³/mol. The van der Waals surface area contributed by atoms with Crippen molar-refractivity contribution in [3.63, 3.8) is 0 Å². The molecule has 0 spiro atoms. The minimum atomic E-state index is -3.50. The lowest BCUT2D eigenvalue weighted by atomic mass is 10.0. The third-order valence-electron chi connectivity index (χ3n) is 4.74. The van der Waals surface area contributed by atoms with Gasteiger partial charge in [0.1, 0.15) is 5.75 Å². The van der Waals surface area contributed by atoms with Crippen LogP contribution in [0.3, 0.4) is 0 Å². The zero-order valence-electron chi connectivity index (χ0n) is 14.5. The summed E-state index contributed by atoms with van der Waals surface area (Å²) in [5, 5.41) is 1.03. The first-order valence-electron chi connectivity index (χ1n) is 8.57. The largest absolute Gasteiger partial charge is 0.497 e. The van der Waals surface area contributed by atoms with Crippen molar-refractivity contribution >= 4 is 31.6 Å². The van der Waals surface area contributed by atoms with Gasteiger partial charge in [-0.1, -0.05) is 12.1 Å². The van der Waals surface area contributed by atoms with Crippen LogP contribution in [0.15, 0.2) is 53.4 Å². The molecule has 0 aliphatic carbocycles. The molecule has 1 aliphatic heterocycles. The highest BCUT2D eigenvalue weighted by molar-refractivity contribution is 7.89.